The van der Waals surface area contributed by atoms with Crippen molar-refractivity contribution < 1.29 is 4.79 Å². The van der Waals surface area contributed by atoms with Gasteiger partial charge in [0, 0.05) is 7.05 Å². The van der Waals surface area contributed by atoms with Crippen LogP contribution >= 0.6 is 11.6 Å². The highest BCUT2D eigenvalue weighted by atomic mass is 35.5. The molecule has 2 heterocycles. The molecule has 9 heteroatoms. The Bertz CT molecular complexity index is 590. The topological polar surface area (TPSA) is 115 Å². The lowest BCUT2D eigenvalue weighted by Crippen LogP contribution is -2.30. The van der Waals surface area contributed by atoms with E-state index in [2.05, 4.69) is 25.6 Å². The fourth-order valence-corrected chi connectivity index (χ4v) is 1.86. The van der Waals surface area contributed by atoms with Crippen LogP contribution in [0.25, 0.3) is 0 Å². The number of anilines is 1. The normalized spacial score (nSPS) is 12.4. The molecular weight excluding hydrogens is 270 g/mol. The summed E-state index contributed by atoms with van der Waals surface area (Å²) in [6.07, 6.45) is 2.10. The van der Waals surface area contributed by atoms with Gasteiger partial charge in [0.2, 0.25) is 0 Å². The highest BCUT2D eigenvalue weighted by Crippen LogP contribution is 2.21. The van der Waals surface area contributed by atoms with E-state index in [1.54, 1.807) is 11.7 Å². The summed E-state index contributed by atoms with van der Waals surface area (Å²) in [6.45, 7) is 1.93. The summed E-state index contributed by atoms with van der Waals surface area (Å²) < 4.78 is 1.61. The third kappa shape index (κ3) is 2.53. The number of carbonyl (C=O) groups is 1. The molecule has 0 saturated carbocycles. The number of nitrogen functional groups attached to an aromatic ring is 1. The van der Waals surface area contributed by atoms with Gasteiger partial charge in [-0.25, -0.2) is 4.98 Å². The van der Waals surface area contributed by atoms with Gasteiger partial charge in [-0.2, -0.15) is 10.2 Å². The maximum Gasteiger partial charge on any atom is 0.271 e. The van der Waals surface area contributed by atoms with Gasteiger partial charge < -0.3 is 11.1 Å². The zero-order valence-electron chi connectivity index (χ0n) is 10.5. The van der Waals surface area contributed by atoms with Crippen molar-refractivity contribution >= 4 is 23.3 Å². The second-order valence-corrected chi connectivity index (χ2v) is 4.35. The first-order valence-corrected chi connectivity index (χ1v) is 6.06. The van der Waals surface area contributed by atoms with E-state index < -0.39 is 0 Å². The lowest BCUT2D eigenvalue weighted by Gasteiger charge is -2.15. The minimum absolute atomic E-state index is 0.0959. The molecular formula is C10H14ClN7O. The van der Waals surface area contributed by atoms with Crippen molar-refractivity contribution in [2.24, 2.45) is 7.05 Å². The van der Waals surface area contributed by atoms with Gasteiger partial charge in [0.15, 0.2) is 5.82 Å². The predicted octanol–water partition coefficient (Wildman–Crippen LogP) is 0.655. The number of hydrogen-bond donors (Lipinski definition) is 3. The molecule has 0 saturated heterocycles. The molecule has 0 aliphatic rings. The molecule has 0 aliphatic heterocycles. The monoisotopic (exact) mass is 283 g/mol. The number of halogens is 1. The van der Waals surface area contributed by atoms with E-state index in [1.165, 1.54) is 6.33 Å². The Kier molecular flexibility index (Phi) is 3.70. The number of nitrogens with two attached hydrogens (primary N) is 1. The number of carbonyl (C=O) groups excluding carboxylic acids is 1. The summed E-state index contributed by atoms with van der Waals surface area (Å²) in [5.41, 5.74) is 5.62. The van der Waals surface area contributed by atoms with Crippen molar-refractivity contribution in [3.8, 4) is 0 Å². The quantitative estimate of drug-likeness (QED) is 0.762. The second-order valence-electron chi connectivity index (χ2n) is 3.97. The number of aromatic nitrogens is 5. The summed E-state index contributed by atoms with van der Waals surface area (Å²) in [5.74, 6) is 0.377. The minimum atomic E-state index is -0.385. The highest BCUT2D eigenvalue weighted by molar-refractivity contribution is 6.35. The van der Waals surface area contributed by atoms with Gasteiger partial charge in [-0.1, -0.05) is 18.5 Å². The van der Waals surface area contributed by atoms with Crippen LogP contribution in [-0.4, -0.2) is 30.9 Å². The lowest BCUT2D eigenvalue weighted by atomic mass is 10.2. The predicted molar refractivity (Wildman–Crippen MR) is 69.5 cm³/mol. The molecule has 0 radical (unpaired) electrons. The van der Waals surface area contributed by atoms with Gasteiger partial charge >= 0.3 is 0 Å². The molecule has 2 aromatic heterocycles. The zero-order chi connectivity index (χ0) is 14.0. The molecule has 19 heavy (non-hydrogen) atoms. The molecule has 102 valence electrons. The van der Waals surface area contributed by atoms with E-state index in [0.717, 1.165) is 0 Å². The van der Waals surface area contributed by atoms with Crippen LogP contribution in [-0.2, 0) is 7.05 Å². The summed E-state index contributed by atoms with van der Waals surface area (Å²) in [7, 11) is 1.76. The van der Waals surface area contributed by atoms with E-state index >= 15 is 0 Å². The first-order chi connectivity index (χ1) is 9.04. The third-order valence-corrected chi connectivity index (χ3v) is 3.11. The number of aryl methyl sites for hydroxylation is 1. The van der Waals surface area contributed by atoms with E-state index in [1.807, 2.05) is 6.92 Å². The largest absolute Gasteiger partial charge is 0.381 e. The first kappa shape index (κ1) is 13.3. The number of H-pyrrole nitrogens is 1. The van der Waals surface area contributed by atoms with Gasteiger partial charge in [0.25, 0.3) is 5.91 Å². The number of amides is 1. The fourth-order valence-electron chi connectivity index (χ4n) is 1.69. The molecule has 0 bridgehead atoms. The van der Waals surface area contributed by atoms with Crippen molar-refractivity contribution in [1.82, 2.24) is 30.3 Å². The van der Waals surface area contributed by atoms with Crippen LogP contribution in [0.1, 0.15) is 35.7 Å². The van der Waals surface area contributed by atoms with Gasteiger partial charge in [0.05, 0.1) is 6.04 Å². The summed E-state index contributed by atoms with van der Waals surface area (Å²) >= 11 is 5.87. The van der Waals surface area contributed by atoms with Crippen LogP contribution in [0.4, 0.5) is 5.82 Å². The maximum atomic E-state index is 12.1. The molecule has 0 spiro atoms. The Morgan fingerprint density at radius 3 is 2.89 bits per heavy atom. The Labute approximate surface area is 114 Å². The molecule has 8 nitrogen and oxygen atoms in total. The highest BCUT2D eigenvalue weighted by Gasteiger charge is 2.22. The minimum Gasteiger partial charge on any atom is -0.381 e. The van der Waals surface area contributed by atoms with E-state index in [0.29, 0.717) is 12.2 Å². The lowest BCUT2D eigenvalue weighted by molar-refractivity contribution is 0.0928. The summed E-state index contributed by atoms with van der Waals surface area (Å²) in [4.78, 5) is 16.2. The van der Waals surface area contributed by atoms with Crippen molar-refractivity contribution in [3.63, 3.8) is 0 Å². The van der Waals surface area contributed by atoms with Crippen molar-refractivity contribution in [3.05, 3.63) is 22.9 Å². The molecule has 2 rings (SSSR count). The Hall–Kier alpha value is -2.09. The molecule has 4 N–H and O–H groups in total. The average molecular weight is 284 g/mol. The van der Waals surface area contributed by atoms with E-state index in [-0.39, 0.29) is 28.5 Å². The van der Waals surface area contributed by atoms with Crippen molar-refractivity contribution in [1.29, 1.82) is 0 Å². The van der Waals surface area contributed by atoms with Crippen LogP contribution in [0.3, 0.4) is 0 Å². The number of hydrogen-bond acceptors (Lipinski definition) is 5. The molecule has 0 aliphatic carbocycles. The van der Waals surface area contributed by atoms with Crippen LogP contribution in [0, 0.1) is 0 Å². The second kappa shape index (κ2) is 5.27. The summed E-state index contributed by atoms with van der Waals surface area (Å²) in [5, 5.41) is 13.1. The maximum absolute atomic E-state index is 12.1. The number of nitrogens with zero attached hydrogens (tertiary/aromatic N) is 4. The van der Waals surface area contributed by atoms with Crippen LogP contribution < -0.4 is 11.1 Å². The van der Waals surface area contributed by atoms with Gasteiger partial charge in [-0.15, -0.1) is 0 Å². The zero-order valence-corrected chi connectivity index (χ0v) is 11.3. The van der Waals surface area contributed by atoms with Crippen molar-refractivity contribution in [2.45, 2.75) is 19.4 Å². The van der Waals surface area contributed by atoms with Gasteiger partial charge in [-0.3, -0.25) is 14.6 Å². The van der Waals surface area contributed by atoms with E-state index in [9.17, 15) is 4.79 Å². The van der Waals surface area contributed by atoms with Crippen LogP contribution in [0.15, 0.2) is 6.33 Å². The molecule has 0 aromatic carbocycles. The SMILES string of the molecule is CC[C@@H](NC(=O)c1[nH]nc(N)c1Cl)c1ncnn1C. The Morgan fingerprint density at radius 2 is 2.42 bits per heavy atom. The number of nitrogens with one attached hydrogen (secondary N) is 2. The molecule has 2 aromatic rings. The van der Waals surface area contributed by atoms with Crippen LogP contribution in [0.2, 0.25) is 5.02 Å². The van der Waals surface area contributed by atoms with Crippen molar-refractivity contribution in [2.75, 3.05) is 5.73 Å². The molecule has 1 amide bonds. The van der Waals surface area contributed by atoms with Crippen LogP contribution in [0.5, 0.6) is 0 Å². The Balaban J connectivity index is 2.18. The Morgan fingerprint density at radius 1 is 1.68 bits per heavy atom. The molecule has 0 unspecified atom stereocenters. The first-order valence-electron chi connectivity index (χ1n) is 5.68. The van der Waals surface area contributed by atoms with E-state index in [4.69, 9.17) is 17.3 Å². The summed E-state index contributed by atoms with van der Waals surface area (Å²) in [6, 6.07) is -0.263. The molecule has 1 atom stereocenters. The average Bonchev–Trinajstić information content (AvgIpc) is 2.94. The fraction of sp³-hybridized carbons (Fsp3) is 0.400. The smallest absolute Gasteiger partial charge is 0.271 e. The van der Waals surface area contributed by atoms with Gasteiger partial charge in [0.1, 0.15) is 22.9 Å². The third-order valence-electron chi connectivity index (χ3n) is 2.73. The molecule has 0 fully saturated rings. The van der Waals surface area contributed by atoms with Gasteiger partial charge in [-0.05, 0) is 6.42 Å². The standard InChI is InChI=1S/C10H14ClN7O/c1-3-5(9-13-4-14-18(9)2)15-10(19)7-6(11)8(12)17-16-7/h4-5H,3H2,1-2H3,(H,15,19)(H3,12,16,17)/t5-/m1/s1. The number of aromatic amines is 1. The number of rotatable bonds is 4.